The number of pyridine rings is 1. The van der Waals surface area contributed by atoms with Gasteiger partial charge < -0.3 is 14.6 Å². The van der Waals surface area contributed by atoms with E-state index in [9.17, 15) is 4.79 Å². The van der Waals surface area contributed by atoms with E-state index in [1.807, 2.05) is 33.7 Å². The SMILES string of the molecule is O=C(Nc1ccc(Cl)c(Cl)c1)N1CCN(Cc2cn3ccccc3n2)CC1. The number of nitrogens with zero attached hydrogens (tertiary/aromatic N) is 4. The highest BCUT2D eigenvalue weighted by Crippen LogP contribution is 2.25. The van der Waals surface area contributed by atoms with Gasteiger partial charge in [0.25, 0.3) is 0 Å². The van der Waals surface area contributed by atoms with E-state index in [1.165, 1.54) is 0 Å². The highest BCUT2D eigenvalue weighted by molar-refractivity contribution is 6.42. The van der Waals surface area contributed by atoms with Crippen molar-refractivity contribution in [1.82, 2.24) is 19.2 Å². The molecule has 2 amide bonds. The second-order valence-electron chi connectivity index (χ2n) is 6.52. The molecule has 1 aliphatic rings. The molecule has 1 aromatic carbocycles. The number of rotatable bonds is 3. The van der Waals surface area contributed by atoms with Gasteiger partial charge in [0.1, 0.15) is 5.65 Å². The molecule has 0 spiro atoms. The zero-order chi connectivity index (χ0) is 18.8. The zero-order valence-corrected chi connectivity index (χ0v) is 16.1. The summed E-state index contributed by atoms with van der Waals surface area (Å²) in [5.74, 6) is 0. The first-order chi connectivity index (χ1) is 13.1. The van der Waals surface area contributed by atoms with Crippen molar-refractivity contribution in [3.05, 3.63) is 64.5 Å². The van der Waals surface area contributed by atoms with Crippen molar-refractivity contribution in [2.45, 2.75) is 6.54 Å². The molecule has 0 atom stereocenters. The largest absolute Gasteiger partial charge is 0.322 e. The van der Waals surface area contributed by atoms with Crippen LogP contribution in [-0.4, -0.2) is 51.4 Å². The molecule has 0 saturated carbocycles. The molecule has 8 heteroatoms. The van der Waals surface area contributed by atoms with Gasteiger partial charge in [-0.3, -0.25) is 4.90 Å². The fraction of sp³-hybridized carbons (Fsp3) is 0.263. The average molecular weight is 404 g/mol. The number of amides is 2. The van der Waals surface area contributed by atoms with Crippen LogP contribution in [0.4, 0.5) is 10.5 Å². The molecule has 3 aromatic rings. The first-order valence-electron chi connectivity index (χ1n) is 8.74. The molecule has 1 N–H and O–H groups in total. The summed E-state index contributed by atoms with van der Waals surface area (Å²) in [5.41, 5.74) is 2.63. The van der Waals surface area contributed by atoms with Crippen LogP contribution in [0.3, 0.4) is 0 Å². The van der Waals surface area contributed by atoms with E-state index in [2.05, 4.69) is 21.4 Å². The van der Waals surface area contributed by atoms with Gasteiger partial charge in [-0.1, -0.05) is 29.3 Å². The number of nitrogens with one attached hydrogen (secondary N) is 1. The van der Waals surface area contributed by atoms with Gasteiger partial charge in [-0.2, -0.15) is 0 Å². The van der Waals surface area contributed by atoms with Crippen LogP contribution in [0.15, 0.2) is 48.8 Å². The van der Waals surface area contributed by atoms with Crippen molar-refractivity contribution in [1.29, 1.82) is 0 Å². The van der Waals surface area contributed by atoms with Gasteiger partial charge in [-0.15, -0.1) is 0 Å². The predicted octanol–water partition coefficient (Wildman–Crippen LogP) is 3.99. The van der Waals surface area contributed by atoms with Crippen LogP contribution >= 0.6 is 23.2 Å². The molecule has 1 fully saturated rings. The lowest BCUT2D eigenvalue weighted by molar-refractivity contribution is 0.142. The molecular formula is C19H19Cl2N5O. The van der Waals surface area contributed by atoms with Gasteiger partial charge in [-0.25, -0.2) is 9.78 Å². The molecule has 0 bridgehead atoms. The standard InChI is InChI=1S/C19H19Cl2N5O/c20-16-5-4-14(11-17(16)21)23-19(27)25-9-7-24(8-10-25)12-15-13-26-6-2-1-3-18(26)22-15/h1-6,11,13H,7-10,12H2,(H,23,27). The van der Waals surface area contributed by atoms with Crippen LogP contribution in [0.25, 0.3) is 5.65 Å². The molecule has 1 saturated heterocycles. The van der Waals surface area contributed by atoms with Crippen LogP contribution in [0.2, 0.25) is 10.0 Å². The van der Waals surface area contributed by atoms with Crippen molar-refractivity contribution in [3.8, 4) is 0 Å². The minimum Gasteiger partial charge on any atom is -0.322 e. The van der Waals surface area contributed by atoms with E-state index in [0.29, 0.717) is 28.8 Å². The van der Waals surface area contributed by atoms with Crippen molar-refractivity contribution in [2.24, 2.45) is 0 Å². The number of piperazine rings is 1. The Hall–Kier alpha value is -2.28. The van der Waals surface area contributed by atoms with Gasteiger partial charge in [0.2, 0.25) is 0 Å². The number of urea groups is 1. The Bertz CT molecular complexity index is 933. The third-order valence-corrected chi connectivity index (χ3v) is 5.37. The number of hydrogen-bond acceptors (Lipinski definition) is 3. The Morgan fingerprint density at radius 2 is 1.89 bits per heavy atom. The topological polar surface area (TPSA) is 52.9 Å². The maximum atomic E-state index is 12.5. The van der Waals surface area contributed by atoms with Gasteiger partial charge in [0, 0.05) is 50.8 Å². The predicted molar refractivity (Wildman–Crippen MR) is 108 cm³/mol. The Labute approximate surface area is 167 Å². The summed E-state index contributed by atoms with van der Waals surface area (Å²) in [6.07, 6.45) is 4.05. The summed E-state index contributed by atoms with van der Waals surface area (Å²) in [6.45, 7) is 3.73. The van der Waals surface area contributed by atoms with E-state index in [4.69, 9.17) is 23.2 Å². The van der Waals surface area contributed by atoms with Gasteiger partial charge in [0.05, 0.1) is 15.7 Å². The molecule has 6 nitrogen and oxygen atoms in total. The molecule has 4 rings (SSSR count). The number of halogens is 2. The highest BCUT2D eigenvalue weighted by Gasteiger charge is 2.22. The number of carbonyl (C=O) groups excluding carboxylic acids is 1. The third-order valence-electron chi connectivity index (χ3n) is 4.63. The fourth-order valence-electron chi connectivity index (χ4n) is 3.18. The number of aromatic nitrogens is 2. The lowest BCUT2D eigenvalue weighted by Crippen LogP contribution is -2.49. The Morgan fingerprint density at radius 3 is 2.63 bits per heavy atom. The number of hydrogen-bond donors (Lipinski definition) is 1. The summed E-state index contributed by atoms with van der Waals surface area (Å²) >= 11 is 11.9. The summed E-state index contributed by atoms with van der Waals surface area (Å²) in [7, 11) is 0. The van der Waals surface area contributed by atoms with Gasteiger partial charge in [-0.05, 0) is 30.3 Å². The van der Waals surface area contributed by atoms with E-state index in [1.54, 1.807) is 18.2 Å². The number of imidazole rings is 1. The molecule has 3 heterocycles. The molecule has 2 aromatic heterocycles. The van der Waals surface area contributed by atoms with Crippen LogP contribution in [-0.2, 0) is 6.54 Å². The Kier molecular flexibility index (Phi) is 5.20. The minimum atomic E-state index is -0.124. The maximum absolute atomic E-state index is 12.5. The number of benzene rings is 1. The van der Waals surface area contributed by atoms with Crippen molar-refractivity contribution in [3.63, 3.8) is 0 Å². The molecule has 1 aliphatic heterocycles. The smallest absolute Gasteiger partial charge is 0.321 e. The maximum Gasteiger partial charge on any atom is 0.321 e. The number of carbonyl (C=O) groups is 1. The summed E-state index contributed by atoms with van der Waals surface area (Å²) < 4.78 is 2.02. The molecule has 0 radical (unpaired) electrons. The van der Waals surface area contributed by atoms with E-state index < -0.39 is 0 Å². The first kappa shape index (κ1) is 18.1. The summed E-state index contributed by atoms with van der Waals surface area (Å²) in [4.78, 5) is 21.2. The van der Waals surface area contributed by atoms with Crippen LogP contribution in [0.5, 0.6) is 0 Å². The van der Waals surface area contributed by atoms with Crippen LogP contribution in [0, 0.1) is 0 Å². The van der Waals surface area contributed by atoms with Crippen LogP contribution in [0.1, 0.15) is 5.69 Å². The summed E-state index contributed by atoms with van der Waals surface area (Å²) in [5, 5.41) is 3.76. The minimum absolute atomic E-state index is 0.124. The van der Waals surface area contributed by atoms with Gasteiger partial charge in [0.15, 0.2) is 0 Å². The molecular weight excluding hydrogens is 385 g/mol. The monoisotopic (exact) mass is 403 g/mol. The van der Waals surface area contributed by atoms with E-state index in [-0.39, 0.29) is 6.03 Å². The fourth-order valence-corrected chi connectivity index (χ4v) is 3.48. The van der Waals surface area contributed by atoms with Crippen molar-refractivity contribution in [2.75, 3.05) is 31.5 Å². The third kappa shape index (κ3) is 4.18. The summed E-state index contributed by atoms with van der Waals surface area (Å²) in [6, 6.07) is 10.9. The van der Waals surface area contributed by atoms with E-state index in [0.717, 1.165) is 31.0 Å². The van der Waals surface area contributed by atoms with Crippen molar-refractivity contribution < 1.29 is 4.79 Å². The van der Waals surface area contributed by atoms with E-state index >= 15 is 0 Å². The molecule has 140 valence electrons. The van der Waals surface area contributed by atoms with Crippen LogP contribution < -0.4 is 5.32 Å². The van der Waals surface area contributed by atoms with Gasteiger partial charge >= 0.3 is 6.03 Å². The quantitative estimate of drug-likeness (QED) is 0.718. The second-order valence-corrected chi connectivity index (χ2v) is 7.33. The molecule has 27 heavy (non-hydrogen) atoms. The first-order valence-corrected chi connectivity index (χ1v) is 9.50. The average Bonchev–Trinajstić information content (AvgIpc) is 3.07. The number of fused-ring (bicyclic) bond motifs is 1. The second kappa shape index (κ2) is 7.76. The lowest BCUT2D eigenvalue weighted by Gasteiger charge is -2.34. The molecule has 0 aliphatic carbocycles. The lowest BCUT2D eigenvalue weighted by atomic mass is 10.3. The highest BCUT2D eigenvalue weighted by atomic mass is 35.5. The number of anilines is 1. The Balaban J connectivity index is 1.31. The van der Waals surface area contributed by atoms with Crippen molar-refractivity contribution >= 4 is 40.6 Å². The molecule has 0 unspecified atom stereocenters. The zero-order valence-electron chi connectivity index (χ0n) is 14.6. The normalized spacial score (nSPS) is 15.3. The Morgan fingerprint density at radius 1 is 1.07 bits per heavy atom.